The summed E-state index contributed by atoms with van der Waals surface area (Å²) < 4.78 is 0. The maximum atomic E-state index is 12.7. The van der Waals surface area contributed by atoms with Gasteiger partial charge in [-0.3, -0.25) is 14.5 Å². The van der Waals surface area contributed by atoms with Crippen LogP contribution in [-0.4, -0.2) is 65.5 Å². The van der Waals surface area contributed by atoms with Crippen molar-refractivity contribution in [3.63, 3.8) is 0 Å². The van der Waals surface area contributed by atoms with E-state index in [1.54, 1.807) is 0 Å². The quantitative estimate of drug-likeness (QED) is 0.794. The van der Waals surface area contributed by atoms with Gasteiger partial charge in [0.05, 0.1) is 6.10 Å². The summed E-state index contributed by atoms with van der Waals surface area (Å²) in [4.78, 5) is 28.1. The molecule has 0 aromatic heterocycles. The zero-order valence-electron chi connectivity index (χ0n) is 15.3. The minimum Gasteiger partial charge on any atom is -0.391 e. The maximum absolute atomic E-state index is 12.7. The molecule has 0 aromatic carbocycles. The fourth-order valence-electron chi connectivity index (χ4n) is 3.55. The Morgan fingerprint density at radius 1 is 1.04 bits per heavy atom. The van der Waals surface area contributed by atoms with Gasteiger partial charge in [-0.15, -0.1) is 0 Å². The summed E-state index contributed by atoms with van der Waals surface area (Å²) in [6, 6.07) is 0. The van der Waals surface area contributed by atoms with Crippen molar-refractivity contribution in [3.05, 3.63) is 0 Å². The van der Waals surface area contributed by atoms with Gasteiger partial charge in [-0.25, -0.2) is 0 Å². The van der Waals surface area contributed by atoms with Crippen LogP contribution in [0.2, 0.25) is 0 Å². The third kappa shape index (κ3) is 4.93. The lowest BCUT2D eigenvalue weighted by Crippen LogP contribution is -2.53. The smallest absolute Gasteiger partial charge is 0.225 e. The molecule has 2 amide bonds. The Morgan fingerprint density at radius 3 is 2.00 bits per heavy atom. The van der Waals surface area contributed by atoms with E-state index in [1.807, 2.05) is 25.7 Å². The van der Waals surface area contributed by atoms with Gasteiger partial charge in [-0.1, -0.05) is 20.8 Å². The van der Waals surface area contributed by atoms with Crippen LogP contribution in [-0.2, 0) is 9.59 Å². The minimum atomic E-state index is -0.358. The summed E-state index contributed by atoms with van der Waals surface area (Å²) in [7, 11) is 0. The van der Waals surface area contributed by atoms with Crippen molar-refractivity contribution in [2.45, 2.75) is 52.6 Å². The fourth-order valence-corrected chi connectivity index (χ4v) is 3.55. The van der Waals surface area contributed by atoms with Crippen LogP contribution in [0.25, 0.3) is 0 Å². The number of aliphatic hydroxyl groups excluding tert-OH is 1. The van der Waals surface area contributed by atoms with E-state index in [9.17, 15) is 14.7 Å². The highest BCUT2D eigenvalue weighted by molar-refractivity contribution is 5.80. The first-order chi connectivity index (χ1) is 11.2. The molecule has 0 aromatic rings. The van der Waals surface area contributed by atoms with E-state index in [-0.39, 0.29) is 35.2 Å². The van der Waals surface area contributed by atoms with Crippen molar-refractivity contribution < 1.29 is 14.7 Å². The Morgan fingerprint density at radius 2 is 1.54 bits per heavy atom. The maximum Gasteiger partial charge on any atom is 0.225 e. The normalized spacial score (nSPS) is 27.8. The van der Waals surface area contributed by atoms with Gasteiger partial charge in [0.15, 0.2) is 0 Å². The summed E-state index contributed by atoms with van der Waals surface area (Å²) in [5.41, 5.74) is 5.24. The second-order valence-electron chi connectivity index (χ2n) is 8.46. The topological polar surface area (TPSA) is 86.9 Å². The first kappa shape index (κ1) is 19.2. The molecule has 1 unspecified atom stereocenters. The van der Waals surface area contributed by atoms with E-state index in [0.29, 0.717) is 6.54 Å². The highest BCUT2D eigenvalue weighted by atomic mass is 16.3. The molecule has 2 aliphatic rings. The van der Waals surface area contributed by atoms with Crippen LogP contribution in [0.5, 0.6) is 0 Å². The Hall–Kier alpha value is -1.14. The average Bonchev–Trinajstić information content (AvgIpc) is 2.54. The van der Waals surface area contributed by atoms with Crippen molar-refractivity contribution >= 4 is 11.8 Å². The Labute approximate surface area is 145 Å². The lowest BCUT2D eigenvalue weighted by Gasteiger charge is -2.39. The second-order valence-corrected chi connectivity index (χ2v) is 8.46. The number of rotatable bonds is 4. The van der Waals surface area contributed by atoms with Crippen LogP contribution in [0.1, 0.15) is 46.5 Å². The summed E-state index contributed by atoms with van der Waals surface area (Å²) in [5.74, 6) is -0.00189. The molecule has 0 radical (unpaired) electrons. The van der Waals surface area contributed by atoms with Gasteiger partial charge < -0.3 is 15.7 Å². The number of nitrogens with zero attached hydrogens (tertiary/aromatic N) is 2. The highest BCUT2D eigenvalue weighted by Crippen LogP contribution is 2.30. The molecule has 1 aliphatic carbocycles. The first-order valence-corrected chi connectivity index (χ1v) is 9.17. The van der Waals surface area contributed by atoms with Gasteiger partial charge in [0.1, 0.15) is 0 Å². The molecular formula is C18H33N3O3. The number of nitrogens with two attached hydrogens (primary N) is 1. The third-order valence-corrected chi connectivity index (χ3v) is 5.59. The van der Waals surface area contributed by atoms with E-state index < -0.39 is 0 Å². The van der Waals surface area contributed by atoms with E-state index in [4.69, 9.17) is 5.73 Å². The monoisotopic (exact) mass is 339 g/mol. The van der Waals surface area contributed by atoms with Gasteiger partial charge in [0.2, 0.25) is 11.8 Å². The number of carbonyl (C=O) groups is 2. The van der Waals surface area contributed by atoms with Crippen LogP contribution in [0.3, 0.4) is 0 Å². The van der Waals surface area contributed by atoms with Crippen molar-refractivity contribution in [2.24, 2.45) is 23.0 Å². The van der Waals surface area contributed by atoms with Crippen LogP contribution < -0.4 is 5.73 Å². The van der Waals surface area contributed by atoms with Crippen LogP contribution >= 0.6 is 0 Å². The Bertz CT molecular complexity index is 445. The molecular weight excluding hydrogens is 306 g/mol. The largest absolute Gasteiger partial charge is 0.391 e. The molecule has 2 fully saturated rings. The number of carbonyl (C=O) groups excluding carboxylic acids is 2. The van der Waals surface area contributed by atoms with Crippen LogP contribution in [0.4, 0.5) is 0 Å². The van der Waals surface area contributed by atoms with Gasteiger partial charge in [-0.05, 0) is 31.1 Å². The molecule has 1 saturated carbocycles. The molecule has 2 rings (SSSR count). The predicted molar refractivity (Wildman–Crippen MR) is 93.1 cm³/mol. The van der Waals surface area contributed by atoms with E-state index in [0.717, 1.165) is 51.9 Å². The van der Waals surface area contributed by atoms with E-state index in [2.05, 4.69) is 4.90 Å². The molecule has 1 saturated heterocycles. The van der Waals surface area contributed by atoms with Crippen molar-refractivity contribution in [1.29, 1.82) is 0 Å². The summed E-state index contributed by atoms with van der Waals surface area (Å²) in [6.07, 6.45) is 2.67. The Kier molecular flexibility index (Phi) is 6.26. The standard InChI is InChI=1S/C18H33N3O3/c1-18(2,3)15(22)12-20-8-10-21(11-9-20)17(24)14-6-4-13(5-7-14)16(19)23/h13-15,22H,4-12H2,1-3H3,(H2,19,23). The molecule has 1 aliphatic heterocycles. The summed E-state index contributed by atoms with van der Waals surface area (Å²) in [6.45, 7) is 9.87. The minimum absolute atomic E-state index is 0.0484. The number of β-amino-alcohol motifs (C(OH)–C–C–N with tert-alkyl or cyclic N) is 1. The lowest BCUT2D eigenvalue weighted by atomic mass is 9.81. The molecule has 138 valence electrons. The average molecular weight is 339 g/mol. The molecule has 24 heavy (non-hydrogen) atoms. The molecule has 1 atom stereocenters. The molecule has 6 nitrogen and oxygen atoms in total. The van der Waals surface area contributed by atoms with Gasteiger partial charge in [-0.2, -0.15) is 0 Å². The van der Waals surface area contributed by atoms with Crippen LogP contribution in [0, 0.1) is 17.3 Å². The molecule has 6 heteroatoms. The van der Waals surface area contributed by atoms with E-state index in [1.165, 1.54) is 0 Å². The summed E-state index contributed by atoms with van der Waals surface area (Å²) >= 11 is 0. The fraction of sp³-hybridized carbons (Fsp3) is 0.889. The predicted octanol–water partition coefficient (Wildman–Crippen LogP) is 0.829. The van der Waals surface area contributed by atoms with Gasteiger partial charge in [0.25, 0.3) is 0 Å². The number of primary amides is 1. The Balaban J connectivity index is 1.76. The first-order valence-electron chi connectivity index (χ1n) is 9.17. The molecule has 0 spiro atoms. The zero-order chi connectivity index (χ0) is 17.9. The summed E-state index contributed by atoms with van der Waals surface area (Å²) in [5, 5.41) is 10.2. The van der Waals surface area contributed by atoms with Gasteiger partial charge >= 0.3 is 0 Å². The van der Waals surface area contributed by atoms with Crippen molar-refractivity contribution in [3.8, 4) is 0 Å². The number of hydrogen-bond donors (Lipinski definition) is 2. The van der Waals surface area contributed by atoms with Crippen LogP contribution in [0.15, 0.2) is 0 Å². The van der Waals surface area contributed by atoms with E-state index >= 15 is 0 Å². The lowest BCUT2D eigenvalue weighted by molar-refractivity contribution is -0.140. The number of aliphatic hydroxyl groups is 1. The highest BCUT2D eigenvalue weighted by Gasteiger charge is 2.33. The molecule has 3 N–H and O–H groups in total. The number of piperazine rings is 1. The SMILES string of the molecule is CC(C)(C)C(O)CN1CCN(C(=O)C2CCC(C(N)=O)CC2)CC1. The van der Waals surface area contributed by atoms with Crippen molar-refractivity contribution in [1.82, 2.24) is 9.80 Å². The third-order valence-electron chi connectivity index (χ3n) is 5.59. The zero-order valence-corrected chi connectivity index (χ0v) is 15.3. The van der Waals surface area contributed by atoms with Crippen molar-refractivity contribution in [2.75, 3.05) is 32.7 Å². The second kappa shape index (κ2) is 7.83. The number of hydrogen-bond acceptors (Lipinski definition) is 4. The molecule has 0 bridgehead atoms. The van der Waals surface area contributed by atoms with Gasteiger partial charge in [0, 0.05) is 44.6 Å². The number of amides is 2. The molecule has 1 heterocycles.